The van der Waals surface area contributed by atoms with Crippen LogP contribution in [0.4, 0.5) is 5.69 Å². The Hall–Kier alpha value is -2.02. The van der Waals surface area contributed by atoms with Crippen LogP contribution in [-0.4, -0.2) is 26.4 Å². The van der Waals surface area contributed by atoms with Crippen molar-refractivity contribution in [3.8, 4) is 5.69 Å². The summed E-state index contributed by atoms with van der Waals surface area (Å²) >= 11 is 13.3. The lowest BCUT2D eigenvalue weighted by molar-refractivity contribution is -0.113. The van der Waals surface area contributed by atoms with E-state index < -0.39 is 0 Å². The smallest absolute Gasteiger partial charge is 0.234 e. The zero-order chi connectivity index (χ0) is 18.7. The third-order valence-corrected chi connectivity index (χ3v) is 5.07. The minimum atomic E-state index is -0.185. The van der Waals surface area contributed by atoms with Gasteiger partial charge in [-0.1, -0.05) is 47.1 Å². The number of hydrogen-bond acceptors (Lipinski definition) is 4. The van der Waals surface area contributed by atoms with Crippen LogP contribution in [0.1, 0.15) is 11.4 Å². The van der Waals surface area contributed by atoms with Crippen LogP contribution in [0, 0.1) is 13.8 Å². The number of halogens is 2. The van der Waals surface area contributed by atoms with Gasteiger partial charge in [0.2, 0.25) is 5.91 Å². The second kappa shape index (κ2) is 8.12. The van der Waals surface area contributed by atoms with Crippen molar-refractivity contribution in [2.45, 2.75) is 19.0 Å². The molecule has 0 aliphatic carbocycles. The van der Waals surface area contributed by atoms with Gasteiger partial charge in [0, 0.05) is 10.7 Å². The average molecular weight is 407 g/mol. The van der Waals surface area contributed by atoms with Crippen LogP contribution in [0.2, 0.25) is 10.0 Å². The summed E-state index contributed by atoms with van der Waals surface area (Å²) in [4.78, 5) is 12.3. The lowest BCUT2D eigenvalue weighted by atomic mass is 10.2. The first kappa shape index (κ1) is 18.8. The van der Waals surface area contributed by atoms with Gasteiger partial charge in [0.25, 0.3) is 0 Å². The van der Waals surface area contributed by atoms with Gasteiger partial charge in [0.05, 0.1) is 16.5 Å². The summed E-state index contributed by atoms with van der Waals surface area (Å²) in [5.74, 6) is 0.762. The van der Waals surface area contributed by atoms with Gasteiger partial charge in [-0.2, -0.15) is 0 Å². The lowest BCUT2D eigenvalue weighted by Crippen LogP contribution is -2.15. The van der Waals surface area contributed by atoms with Crippen molar-refractivity contribution in [3.63, 3.8) is 0 Å². The molecule has 26 heavy (non-hydrogen) atoms. The van der Waals surface area contributed by atoms with Crippen LogP contribution in [0.15, 0.2) is 47.6 Å². The molecule has 0 unspecified atom stereocenters. The fourth-order valence-corrected chi connectivity index (χ4v) is 3.66. The Morgan fingerprint density at radius 2 is 1.96 bits per heavy atom. The first-order valence-corrected chi connectivity index (χ1v) is 9.55. The molecule has 0 radical (unpaired) electrons. The Kier molecular flexibility index (Phi) is 5.86. The monoisotopic (exact) mass is 406 g/mol. The number of carbonyl (C=O) groups is 1. The number of aromatic nitrogens is 3. The van der Waals surface area contributed by atoms with E-state index in [1.165, 1.54) is 11.8 Å². The van der Waals surface area contributed by atoms with E-state index in [1.54, 1.807) is 18.2 Å². The molecule has 1 N–H and O–H groups in total. The molecule has 3 aromatic rings. The summed E-state index contributed by atoms with van der Waals surface area (Å²) in [7, 11) is 0. The van der Waals surface area contributed by atoms with E-state index in [1.807, 2.05) is 42.7 Å². The first-order chi connectivity index (χ1) is 12.4. The largest absolute Gasteiger partial charge is 0.324 e. The van der Waals surface area contributed by atoms with E-state index in [4.69, 9.17) is 23.2 Å². The maximum atomic E-state index is 12.3. The van der Waals surface area contributed by atoms with E-state index in [2.05, 4.69) is 15.5 Å². The SMILES string of the molecule is Cc1cccc(-n2c(C)nnc2SCC(=O)Nc2ccc(Cl)cc2Cl)c1. The van der Waals surface area contributed by atoms with E-state index in [-0.39, 0.29) is 11.7 Å². The van der Waals surface area contributed by atoms with Crippen molar-refractivity contribution >= 4 is 46.6 Å². The molecule has 3 rings (SSSR count). The van der Waals surface area contributed by atoms with Crippen LogP contribution in [0.3, 0.4) is 0 Å². The molecule has 134 valence electrons. The van der Waals surface area contributed by atoms with Crippen molar-refractivity contribution in [2.24, 2.45) is 0 Å². The molecule has 8 heteroatoms. The molecule has 0 aliphatic heterocycles. The summed E-state index contributed by atoms with van der Waals surface area (Å²) in [5.41, 5.74) is 2.64. The molecule has 0 atom stereocenters. The molecule has 0 aliphatic rings. The van der Waals surface area contributed by atoms with Crippen LogP contribution in [-0.2, 0) is 4.79 Å². The molecule has 5 nitrogen and oxygen atoms in total. The summed E-state index contributed by atoms with van der Waals surface area (Å²) in [6.45, 7) is 3.91. The van der Waals surface area contributed by atoms with Gasteiger partial charge in [-0.05, 0) is 49.7 Å². The van der Waals surface area contributed by atoms with Crippen molar-refractivity contribution in [2.75, 3.05) is 11.1 Å². The molecular weight excluding hydrogens is 391 g/mol. The Bertz CT molecular complexity index is 958. The number of nitrogens with zero attached hydrogens (tertiary/aromatic N) is 3. The Labute approximate surface area is 165 Å². The number of nitrogens with one attached hydrogen (secondary N) is 1. The normalized spacial score (nSPS) is 10.8. The quantitative estimate of drug-likeness (QED) is 0.610. The number of anilines is 1. The Morgan fingerprint density at radius 1 is 1.15 bits per heavy atom. The standard InChI is InChI=1S/C18H16Cl2N4OS/c1-11-4-3-5-14(8-11)24-12(2)22-23-18(24)26-10-17(25)21-16-7-6-13(19)9-15(16)20/h3-9H,10H2,1-2H3,(H,21,25). The Balaban J connectivity index is 1.71. The zero-order valence-electron chi connectivity index (χ0n) is 14.2. The summed E-state index contributed by atoms with van der Waals surface area (Å²) in [5, 5.41) is 12.7. The number of aryl methyl sites for hydroxylation is 2. The molecule has 0 saturated carbocycles. The van der Waals surface area contributed by atoms with Crippen molar-refractivity contribution in [3.05, 3.63) is 63.9 Å². The topological polar surface area (TPSA) is 59.8 Å². The van der Waals surface area contributed by atoms with E-state index in [0.29, 0.717) is 20.9 Å². The molecule has 0 saturated heterocycles. The molecule has 2 aromatic carbocycles. The third kappa shape index (κ3) is 4.38. The van der Waals surface area contributed by atoms with Gasteiger partial charge in [-0.3, -0.25) is 9.36 Å². The van der Waals surface area contributed by atoms with E-state index >= 15 is 0 Å². The minimum absolute atomic E-state index is 0.183. The lowest BCUT2D eigenvalue weighted by Gasteiger charge is -2.10. The van der Waals surface area contributed by atoms with Gasteiger partial charge < -0.3 is 5.32 Å². The fourth-order valence-electron chi connectivity index (χ4n) is 2.41. The van der Waals surface area contributed by atoms with E-state index in [0.717, 1.165) is 17.1 Å². The van der Waals surface area contributed by atoms with Gasteiger partial charge in [0.1, 0.15) is 5.82 Å². The van der Waals surface area contributed by atoms with Crippen molar-refractivity contribution < 1.29 is 4.79 Å². The highest BCUT2D eigenvalue weighted by molar-refractivity contribution is 7.99. The molecule has 0 fully saturated rings. The summed E-state index contributed by atoms with van der Waals surface area (Å²) in [6.07, 6.45) is 0. The summed E-state index contributed by atoms with van der Waals surface area (Å²) < 4.78 is 1.93. The van der Waals surface area contributed by atoms with Crippen LogP contribution >= 0.6 is 35.0 Å². The number of thioether (sulfide) groups is 1. The number of benzene rings is 2. The fraction of sp³-hybridized carbons (Fsp3) is 0.167. The number of rotatable bonds is 5. The highest BCUT2D eigenvalue weighted by atomic mass is 35.5. The number of hydrogen-bond donors (Lipinski definition) is 1. The number of carbonyl (C=O) groups excluding carboxylic acids is 1. The van der Waals surface area contributed by atoms with Gasteiger partial charge in [-0.25, -0.2) is 0 Å². The van der Waals surface area contributed by atoms with Crippen LogP contribution in [0.5, 0.6) is 0 Å². The third-order valence-electron chi connectivity index (χ3n) is 3.59. The Morgan fingerprint density at radius 3 is 2.69 bits per heavy atom. The predicted octanol–water partition coefficient (Wildman–Crippen LogP) is 4.92. The minimum Gasteiger partial charge on any atom is -0.324 e. The summed E-state index contributed by atoms with van der Waals surface area (Å²) in [6, 6.07) is 13.0. The van der Waals surface area contributed by atoms with E-state index in [9.17, 15) is 4.79 Å². The molecule has 1 amide bonds. The number of amides is 1. The average Bonchev–Trinajstić information content (AvgIpc) is 2.96. The highest BCUT2D eigenvalue weighted by Gasteiger charge is 2.14. The maximum Gasteiger partial charge on any atom is 0.234 e. The highest BCUT2D eigenvalue weighted by Crippen LogP contribution is 2.26. The van der Waals surface area contributed by atoms with Crippen molar-refractivity contribution in [1.82, 2.24) is 14.8 Å². The molecular formula is C18H16Cl2N4OS. The maximum absolute atomic E-state index is 12.3. The van der Waals surface area contributed by atoms with Crippen LogP contribution in [0.25, 0.3) is 5.69 Å². The second-order valence-corrected chi connectivity index (χ2v) is 7.45. The van der Waals surface area contributed by atoms with Gasteiger partial charge in [-0.15, -0.1) is 10.2 Å². The molecule has 1 heterocycles. The second-order valence-electron chi connectivity index (χ2n) is 5.67. The van der Waals surface area contributed by atoms with Crippen LogP contribution < -0.4 is 5.32 Å². The molecule has 0 spiro atoms. The van der Waals surface area contributed by atoms with Gasteiger partial charge >= 0.3 is 0 Å². The molecule has 1 aromatic heterocycles. The molecule has 0 bridgehead atoms. The van der Waals surface area contributed by atoms with Crippen molar-refractivity contribution in [1.29, 1.82) is 0 Å². The zero-order valence-corrected chi connectivity index (χ0v) is 16.5. The van der Waals surface area contributed by atoms with Gasteiger partial charge in [0.15, 0.2) is 5.16 Å². The predicted molar refractivity (Wildman–Crippen MR) is 107 cm³/mol. The first-order valence-electron chi connectivity index (χ1n) is 7.81.